The van der Waals surface area contributed by atoms with Gasteiger partial charge in [-0.1, -0.05) is 11.6 Å². The van der Waals surface area contributed by atoms with Crippen molar-refractivity contribution in [2.24, 2.45) is 11.8 Å². The van der Waals surface area contributed by atoms with Crippen LogP contribution in [0.25, 0.3) is 0 Å². The molecule has 20 heavy (non-hydrogen) atoms. The maximum atomic E-state index is 12.4. The quantitative estimate of drug-likeness (QED) is 0.586. The van der Waals surface area contributed by atoms with Crippen LogP contribution in [0, 0.1) is 5.92 Å². The molecule has 1 heterocycles. The molecule has 6 heteroatoms. The minimum absolute atomic E-state index is 0.0830. The Balaban J connectivity index is 1.74. The minimum Gasteiger partial charge on any atom is -0.376 e. The van der Waals surface area contributed by atoms with Crippen LogP contribution in [0.2, 0.25) is 5.02 Å². The highest BCUT2D eigenvalue weighted by Gasteiger charge is 2.41. The van der Waals surface area contributed by atoms with Crippen molar-refractivity contribution in [1.82, 2.24) is 5.32 Å². The second-order valence-corrected chi connectivity index (χ2v) is 5.81. The minimum atomic E-state index is -0.165. The van der Waals surface area contributed by atoms with Crippen molar-refractivity contribution in [3.05, 3.63) is 28.8 Å². The third-order valence-corrected chi connectivity index (χ3v) is 4.16. The van der Waals surface area contributed by atoms with Crippen molar-refractivity contribution in [2.45, 2.75) is 31.4 Å². The zero-order valence-corrected chi connectivity index (χ0v) is 11.8. The van der Waals surface area contributed by atoms with Crippen molar-refractivity contribution in [1.29, 1.82) is 0 Å². The summed E-state index contributed by atoms with van der Waals surface area (Å²) in [6, 6.07) is 5.09. The molecule has 0 bridgehead atoms. The molecule has 3 rings (SSSR count). The number of hydrazine groups is 1. The Kier molecular flexibility index (Phi) is 3.83. The molecule has 1 aliphatic heterocycles. The number of rotatable bonds is 4. The Morgan fingerprint density at radius 3 is 2.85 bits per heavy atom. The lowest BCUT2D eigenvalue weighted by atomic mass is 10.1. The lowest BCUT2D eigenvalue weighted by molar-refractivity contribution is 0.0730. The van der Waals surface area contributed by atoms with Crippen molar-refractivity contribution >= 4 is 23.2 Å². The number of amides is 1. The first-order valence-corrected chi connectivity index (χ1v) is 7.25. The molecule has 4 N–H and O–H groups in total. The molecule has 2 fully saturated rings. The summed E-state index contributed by atoms with van der Waals surface area (Å²) in [4.78, 5) is 12.4. The number of hydrogen-bond donors (Lipinski definition) is 3. The van der Waals surface area contributed by atoms with Crippen LogP contribution in [0.3, 0.4) is 0 Å². The molecule has 0 radical (unpaired) electrons. The number of nitrogens with one attached hydrogen (secondary N) is 2. The Labute approximate surface area is 122 Å². The fourth-order valence-corrected chi connectivity index (χ4v) is 2.90. The first kappa shape index (κ1) is 13.7. The summed E-state index contributed by atoms with van der Waals surface area (Å²) in [6.07, 6.45) is 3.42. The van der Waals surface area contributed by atoms with Crippen molar-refractivity contribution in [3.8, 4) is 0 Å². The van der Waals surface area contributed by atoms with E-state index in [0.717, 1.165) is 6.42 Å². The summed E-state index contributed by atoms with van der Waals surface area (Å²) in [6.45, 7) is 0.712. The summed E-state index contributed by atoms with van der Waals surface area (Å²) < 4.78 is 5.73. The van der Waals surface area contributed by atoms with Gasteiger partial charge in [-0.15, -0.1) is 0 Å². The number of benzene rings is 1. The number of nitrogen functional groups attached to an aromatic ring is 1. The zero-order valence-electron chi connectivity index (χ0n) is 11.1. The Hall–Kier alpha value is -1.30. The molecule has 0 spiro atoms. The number of nitrogens with two attached hydrogens (primary N) is 1. The van der Waals surface area contributed by atoms with Crippen LogP contribution in [-0.4, -0.2) is 24.7 Å². The van der Waals surface area contributed by atoms with Gasteiger partial charge in [-0.2, -0.15) is 0 Å². The summed E-state index contributed by atoms with van der Waals surface area (Å²) in [7, 11) is 0. The third-order valence-electron chi connectivity index (χ3n) is 3.92. The van der Waals surface area contributed by atoms with Crippen LogP contribution in [0.15, 0.2) is 18.2 Å². The number of carbonyl (C=O) groups is 1. The molecule has 1 saturated heterocycles. The molecule has 0 aromatic heterocycles. The molecule has 1 aromatic carbocycles. The Morgan fingerprint density at radius 2 is 2.15 bits per heavy atom. The molecular weight excluding hydrogens is 278 g/mol. The molecule has 1 aliphatic carbocycles. The number of ether oxygens (including phenoxy) is 1. The van der Waals surface area contributed by atoms with Crippen molar-refractivity contribution in [3.63, 3.8) is 0 Å². The molecule has 108 valence electrons. The van der Waals surface area contributed by atoms with Gasteiger partial charge in [0.05, 0.1) is 23.4 Å². The van der Waals surface area contributed by atoms with E-state index in [1.165, 1.54) is 12.8 Å². The molecule has 1 amide bonds. The normalized spacial score (nSPS) is 25.5. The van der Waals surface area contributed by atoms with Gasteiger partial charge in [0.1, 0.15) is 0 Å². The van der Waals surface area contributed by atoms with Crippen molar-refractivity contribution in [2.75, 3.05) is 12.0 Å². The fraction of sp³-hybridized carbons (Fsp3) is 0.500. The first-order valence-electron chi connectivity index (χ1n) is 6.87. The van der Waals surface area contributed by atoms with E-state index >= 15 is 0 Å². The number of anilines is 1. The molecule has 2 aliphatic rings. The van der Waals surface area contributed by atoms with E-state index in [-0.39, 0.29) is 18.1 Å². The van der Waals surface area contributed by atoms with Crippen LogP contribution in [0.4, 0.5) is 5.69 Å². The molecule has 5 nitrogen and oxygen atoms in total. The smallest absolute Gasteiger partial charge is 0.253 e. The van der Waals surface area contributed by atoms with Gasteiger partial charge in [0.25, 0.3) is 5.91 Å². The lowest BCUT2D eigenvalue weighted by Gasteiger charge is -2.20. The van der Waals surface area contributed by atoms with Crippen LogP contribution in [-0.2, 0) is 4.74 Å². The lowest BCUT2D eigenvalue weighted by Crippen LogP contribution is -2.41. The van der Waals surface area contributed by atoms with E-state index in [2.05, 4.69) is 10.7 Å². The number of carbonyl (C=O) groups excluding carboxylic acids is 1. The topological polar surface area (TPSA) is 76.4 Å². The monoisotopic (exact) mass is 295 g/mol. The highest BCUT2D eigenvalue weighted by atomic mass is 35.5. The van der Waals surface area contributed by atoms with E-state index in [0.29, 0.717) is 28.8 Å². The summed E-state index contributed by atoms with van der Waals surface area (Å²) in [5.41, 5.74) is 3.55. The molecule has 2 atom stereocenters. The predicted octanol–water partition coefficient (Wildman–Crippen LogP) is 1.92. The van der Waals surface area contributed by atoms with E-state index in [4.69, 9.17) is 22.2 Å². The van der Waals surface area contributed by atoms with Crippen LogP contribution in [0.1, 0.15) is 29.6 Å². The molecule has 1 aromatic rings. The summed E-state index contributed by atoms with van der Waals surface area (Å²) >= 11 is 5.95. The van der Waals surface area contributed by atoms with Crippen LogP contribution in [0.5, 0.6) is 0 Å². The van der Waals surface area contributed by atoms with E-state index in [1.54, 1.807) is 18.2 Å². The van der Waals surface area contributed by atoms with E-state index < -0.39 is 0 Å². The second kappa shape index (κ2) is 5.60. The number of halogens is 1. The van der Waals surface area contributed by atoms with Crippen LogP contribution < -0.4 is 16.6 Å². The first-order chi connectivity index (χ1) is 9.69. The van der Waals surface area contributed by atoms with Gasteiger partial charge in [0, 0.05) is 11.6 Å². The third kappa shape index (κ3) is 2.75. The molecular formula is C14H18ClN3O2. The Morgan fingerprint density at radius 1 is 1.35 bits per heavy atom. The van der Waals surface area contributed by atoms with E-state index in [1.807, 2.05) is 0 Å². The average molecular weight is 296 g/mol. The van der Waals surface area contributed by atoms with Gasteiger partial charge >= 0.3 is 0 Å². The number of hydrogen-bond acceptors (Lipinski definition) is 4. The van der Waals surface area contributed by atoms with Crippen LogP contribution >= 0.6 is 11.6 Å². The largest absolute Gasteiger partial charge is 0.376 e. The standard InChI is InChI=1S/C14H18ClN3O2/c15-9-3-4-11(18-16)10(7-9)14(19)17-12-5-6-20-13(12)8-1-2-8/h3-4,7-8,12-13,18H,1-2,5-6,16H2,(H,17,19). The van der Waals surface area contributed by atoms with Gasteiger partial charge in [-0.25, -0.2) is 0 Å². The fourth-order valence-electron chi connectivity index (χ4n) is 2.73. The highest BCUT2D eigenvalue weighted by Crippen LogP contribution is 2.38. The highest BCUT2D eigenvalue weighted by molar-refractivity contribution is 6.31. The zero-order chi connectivity index (χ0) is 14.1. The van der Waals surface area contributed by atoms with Gasteiger partial charge in [0.15, 0.2) is 0 Å². The van der Waals surface area contributed by atoms with Gasteiger partial charge in [-0.3, -0.25) is 10.6 Å². The maximum absolute atomic E-state index is 12.4. The maximum Gasteiger partial charge on any atom is 0.253 e. The van der Waals surface area contributed by atoms with Gasteiger partial charge < -0.3 is 15.5 Å². The molecule has 1 saturated carbocycles. The predicted molar refractivity (Wildman–Crippen MR) is 77.6 cm³/mol. The van der Waals surface area contributed by atoms with Crippen molar-refractivity contribution < 1.29 is 9.53 Å². The molecule has 2 unspecified atom stereocenters. The summed E-state index contributed by atoms with van der Waals surface area (Å²) in [5.74, 6) is 5.88. The van der Waals surface area contributed by atoms with Gasteiger partial charge in [0.2, 0.25) is 0 Å². The Bertz CT molecular complexity index is 519. The second-order valence-electron chi connectivity index (χ2n) is 5.38. The summed E-state index contributed by atoms with van der Waals surface area (Å²) in [5, 5.41) is 3.56. The SMILES string of the molecule is NNc1ccc(Cl)cc1C(=O)NC1CCOC1C1CC1. The van der Waals surface area contributed by atoms with E-state index in [9.17, 15) is 4.79 Å². The average Bonchev–Trinajstić information content (AvgIpc) is 3.19. The van der Waals surface area contributed by atoms with Gasteiger partial charge in [-0.05, 0) is 43.4 Å².